The van der Waals surface area contributed by atoms with Crippen LogP contribution in [-0.2, 0) is 14.3 Å². The molecule has 1 rings (SSSR count). The quantitative estimate of drug-likeness (QED) is 0.611. The van der Waals surface area contributed by atoms with Gasteiger partial charge in [-0.25, -0.2) is 4.79 Å². The SMILES string of the molecule is CCNC(=O)[C@H](C)NC(=O)COC(=O)c1cc(OC)c(OC)c(OC)c1. The standard InChI is InChI=1S/C17H24N2O7/c1-6-18-16(21)10(2)19-14(20)9-26-17(22)11-7-12(23-3)15(25-5)13(8-11)24-4/h7-8,10H,6,9H2,1-5H3,(H,18,21)(H,19,20)/t10-/m0/s1. The highest BCUT2D eigenvalue weighted by atomic mass is 16.5. The summed E-state index contributed by atoms with van der Waals surface area (Å²) < 4.78 is 20.5. The molecule has 0 bridgehead atoms. The van der Waals surface area contributed by atoms with Crippen LogP contribution in [0.2, 0.25) is 0 Å². The van der Waals surface area contributed by atoms with Crippen LogP contribution >= 0.6 is 0 Å². The number of likely N-dealkylation sites (N-methyl/N-ethyl adjacent to an activating group) is 1. The Bertz CT molecular complexity index is 636. The van der Waals surface area contributed by atoms with Crippen LogP contribution in [0.3, 0.4) is 0 Å². The van der Waals surface area contributed by atoms with Crippen molar-refractivity contribution in [3.8, 4) is 17.2 Å². The largest absolute Gasteiger partial charge is 0.493 e. The van der Waals surface area contributed by atoms with Crippen LogP contribution in [0.25, 0.3) is 0 Å². The van der Waals surface area contributed by atoms with E-state index in [2.05, 4.69) is 10.6 Å². The third-order valence-electron chi connectivity index (χ3n) is 3.36. The summed E-state index contributed by atoms with van der Waals surface area (Å²) in [6.45, 7) is 3.23. The number of benzene rings is 1. The molecule has 0 fully saturated rings. The van der Waals surface area contributed by atoms with Gasteiger partial charge in [0.1, 0.15) is 6.04 Å². The van der Waals surface area contributed by atoms with Gasteiger partial charge in [-0.2, -0.15) is 0 Å². The Morgan fingerprint density at radius 2 is 1.62 bits per heavy atom. The van der Waals surface area contributed by atoms with Gasteiger partial charge in [0.2, 0.25) is 11.7 Å². The van der Waals surface area contributed by atoms with Crippen LogP contribution in [0, 0.1) is 0 Å². The number of esters is 1. The zero-order chi connectivity index (χ0) is 19.7. The molecule has 0 saturated carbocycles. The fraction of sp³-hybridized carbons (Fsp3) is 0.471. The van der Waals surface area contributed by atoms with Crippen molar-refractivity contribution < 1.29 is 33.3 Å². The monoisotopic (exact) mass is 368 g/mol. The van der Waals surface area contributed by atoms with Gasteiger partial charge in [-0.3, -0.25) is 9.59 Å². The van der Waals surface area contributed by atoms with Crippen molar-refractivity contribution >= 4 is 17.8 Å². The maximum absolute atomic E-state index is 12.2. The van der Waals surface area contributed by atoms with Gasteiger partial charge >= 0.3 is 5.97 Å². The first-order valence-corrected chi connectivity index (χ1v) is 7.92. The first-order valence-electron chi connectivity index (χ1n) is 7.92. The smallest absolute Gasteiger partial charge is 0.338 e. The van der Waals surface area contributed by atoms with Crippen LogP contribution in [0.15, 0.2) is 12.1 Å². The molecule has 0 saturated heterocycles. The van der Waals surface area contributed by atoms with Crippen molar-refractivity contribution in [3.05, 3.63) is 17.7 Å². The molecular formula is C17H24N2O7. The number of rotatable bonds is 9. The molecule has 0 aliphatic carbocycles. The molecule has 1 atom stereocenters. The van der Waals surface area contributed by atoms with Gasteiger partial charge in [-0.1, -0.05) is 0 Å². The Hall–Kier alpha value is -2.97. The molecular weight excluding hydrogens is 344 g/mol. The van der Waals surface area contributed by atoms with Gasteiger partial charge in [-0.15, -0.1) is 0 Å². The Kier molecular flexibility index (Phi) is 8.20. The summed E-state index contributed by atoms with van der Waals surface area (Å²) in [4.78, 5) is 35.5. The van der Waals surface area contributed by atoms with Gasteiger partial charge in [0, 0.05) is 6.54 Å². The lowest BCUT2D eigenvalue weighted by Crippen LogP contribution is -2.46. The second-order valence-electron chi connectivity index (χ2n) is 5.17. The number of carbonyl (C=O) groups is 3. The second-order valence-corrected chi connectivity index (χ2v) is 5.17. The van der Waals surface area contributed by atoms with E-state index in [4.69, 9.17) is 18.9 Å². The van der Waals surface area contributed by atoms with E-state index in [1.165, 1.54) is 40.4 Å². The molecule has 1 aromatic rings. The number of ether oxygens (including phenoxy) is 4. The van der Waals surface area contributed by atoms with Crippen molar-refractivity contribution in [1.29, 1.82) is 0 Å². The van der Waals surface area contributed by atoms with Crippen molar-refractivity contribution in [2.24, 2.45) is 0 Å². The van der Waals surface area contributed by atoms with Crippen molar-refractivity contribution in [2.75, 3.05) is 34.5 Å². The lowest BCUT2D eigenvalue weighted by molar-refractivity contribution is -0.130. The molecule has 1 aromatic carbocycles. The molecule has 0 aliphatic heterocycles. The van der Waals surface area contributed by atoms with Gasteiger partial charge < -0.3 is 29.6 Å². The van der Waals surface area contributed by atoms with Gasteiger partial charge in [-0.05, 0) is 26.0 Å². The molecule has 2 amide bonds. The Morgan fingerprint density at radius 3 is 2.08 bits per heavy atom. The fourth-order valence-corrected chi connectivity index (χ4v) is 2.09. The molecule has 0 spiro atoms. The van der Waals surface area contributed by atoms with E-state index < -0.39 is 24.5 Å². The minimum absolute atomic E-state index is 0.129. The highest BCUT2D eigenvalue weighted by Gasteiger charge is 2.20. The highest BCUT2D eigenvalue weighted by molar-refractivity contribution is 5.93. The average Bonchev–Trinajstić information content (AvgIpc) is 2.64. The molecule has 0 heterocycles. The number of carbonyl (C=O) groups excluding carboxylic acids is 3. The molecule has 144 valence electrons. The van der Waals surface area contributed by atoms with Crippen LogP contribution < -0.4 is 24.8 Å². The topological polar surface area (TPSA) is 112 Å². The maximum atomic E-state index is 12.2. The zero-order valence-corrected chi connectivity index (χ0v) is 15.5. The maximum Gasteiger partial charge on any atom is 0.338 e. The van der Waals surface area contributed by atoms with Gasteiger partial charge in [0.05, 0.1) is 26.9 Å². The lowest BCUT2D eigenvalue weighted by atomic mass is 10.2. The lowest BCUT2D eigenvalue weighted by Gasteiger charge is -2.15. The molecule has 2 N–H and O–H groups in total. The van der Waals surface area contributed by atoms with Gasteiger partial charge in [0.25, 0.3) is 5.91 Å². The third kappa shape index (κ3) is 5.54. The van der Waals surface area contributed by atoms with E-state index >= 15 is 0 Å². The molecule has 0 unspecified atom stereocenters. The second kappa shape index (κ2) is 10.1. The minimum Gasteiger partial charge on any atom is -0.493 e. The molecule has 9 nitrogen and oxygen atoms in total. The van der Waals surface area contributed by atoms with Crippen LogP contribution in [-0.4, -0.2) is 58.3 Å². The summed E-state index contributed by atoms with van der Waals surface area (Å²) in [6.07, 6.45) is 0. The van der Waals surface area contributed by atoms with E-state index in [1.54, 1.807) is 6.92 Å². The molecule has 0 aliphatic rings. The highest BCUT2D eigenvalue weighted by Crippen LogP contribution is 2.38. The normalized spacial score (nSPS) is 11.1. The fourth-order valence-electron chi connectivity index (χ4n) is 2.09. The number of hydrogen-bond acceptors (Lipinski definition) is 7. The zero-order valence-electron chi connectivity index (χ0n) is 15.5. The molecule has 0 aromatic heterocycles. The number of hydrogen-bond donors (Lipinski definition) is 2. The third-order valence-corrected chi connectivity index (χ3v) is 3.36. The number of methoxy groups -OCH3 is 3. The summed E-state index contributed by atoms with van der Waals surface area (Å²) in [5.41, 5.74) is 0.129. The van der Waals surface area contributed by atoms with Crippen LogP contribution in [0.4, 0.5) is 0 Å². The van der Waals surface area contributed by atoms with Crippen molar-refractivity contribution in [3.63, 3.8) is 0 Å². The van der Waals surface area contributed by atoms with Crippen molar-refractivity contribution in [2.45, 2.75) is 19.9 Å². The van der Waals surface area contributed by atoms with E-state index in [0.29, 0.717) is 12.3 Å². The summed E-state index contributed by atoms with van der Waals surface area (Å²) in [5.74, 6) is -0.757. The Morgan fingerprint density at radius 1 is 1.04 bits per heavy atom. The summed E-state index contributed by atoms with van der Waals surface area (Å²) in [7, 11) is 4.28. The van der Waals surface area contributed by atoms with Crippen LogP contribution in [0.5, 0.6) is 17.2 Å². The minimum atomic E-state index is -0.745. The summed E-state index contributed by atoms with van der Waals surface area (Å²) in [5, 5.41) is 5.01. The summed E-state index contributed by atoms with van der Waals surface area (Å²) >= 11 is 0. The molecule has 9 heteroatoms. The van der Waals surface area contributed by atoms with Crippen molar-refractivity contribution in [1.82, 2.24) is 10.6 Å². The van der Waals surface area contributed by atoms with E-state index in [9.17, 15) is 14.4 Å². The number of nitrogens with one attached hydrogen (secondary N) is 2. The average molecular weight is 368 g/mol. The van der Waals surface area contributed by atoms with E-state index in [-0.39, 0.29) is 23.0 Å². The first kappa shape index (κ1) is 21.1. The molecule has 26 heavy (non-hydrogen) atoms. The predicted molar refractivity (Wildman–Crippen MR) is 92.7 cm³/mol. The summed E-state index contributed by atoms with van der Waals surface area (Å²) in [6, 6.07) is 2.10. The first-order chi connectivity index (χ1) is 12.4. The van der Waals surface area contributed by atoms with Gasteiger partial charge in [0.15, 0.2) is 18.1 Å². The predicted octanol–water partition coefficient (Wildman–Crippen LogP) is 0.510. The molecule has 0 radical (unpaired) electrons. The van der Waals surface area contributed by atoms with E-state index in [0.717, 1.165) is 0 Å². The number of amides is 2. The Labute approximate surface area is 151 Å². The Balaban J connectivity index is 2.73. The van der Waals surface area contributed by atoms with E-state index in [1.807, 2.05) is 0 Å². The van der Waals surface area contributed by atoms with Crippen LogP contribution in [0.1, 0.15) is 24.2 Å².